The summed E-state index contributed by atoms with van der Waals surface area (Å²) < 4.78 is 5.93. The van der Waals surface area contributed by atoms with Crippen LogP contribution in [0.3, 0.4) is 0 Å². The number of benzene rings is 1. The van der Waals surface area contributed by atoms with Crippen LogP contribution in [0.2, 0.25) is 0 Å². The van der Waals surface area contributed by atoms with Crippen molar-refractivity contribution in [3.63, 3.8) is 0 Å². The van der Waals surface area contributed by atoms with E-state index in [1.54, 1.807) is 12.1 Å². The predicted molar refractivity (Wildman–Crippen MR) is 72.1 cm³/mol. The van der Waals surface area contributed by atoms with Crippen molar-refractivity contribution in [3.8, 4) is 0 Å². The van der Waals surface area contributed by atoms with Crippen molar-refractivity contribution >= 4 is 27.8 Å². The Bertz CT molecular complexity index is 497. The molecule has 0 spiro atoms. The van der Waals surface area contributed by atoms with E-state index in [4.69, 9.17) is 9.84 Å². The number of carbonyl (C=O) groups excluding carboxylic acids is 1. The Morgan fingerprint density at radius 3 is 2.74 bits per heavy atom. The minimum Gasteiger partial charge on any atom is -0.481 e. The van der Waals surface area contributed by atoms with Gasteiger partial charge >= 0.3 is 5.97 Å². The summed E-state index contributed by atoms with van der Waals surface area (Å²) in [7, 11) is 0. The van der Waals surface area contributed by atoms with Crippen LogP contribution < -0.4 is 5.32 Å². The number of carboxylic acid groups (broad SMARTS) is 1. The molecule has 2 rings (SSSR count). The minimum absolute atomic E-state index is 0.137. The lowest BCUT2D eigenvalue weighted by Gasteiger charge is -2.16. The predicted octanol–water partition coefficient (Wildman–Crippen LogP) is 1.59. The molecule has 0 aromatic heterocycles. The number of aliphatic carboxylic acids is 1. The first-order chi connectivity index (χ1) is 8.97. The minimum atomic E-state index is -0.951. The molecule has 2 N–H and O–H groups in total. The molecule has 2 unspecified atom stereocenters. The van der Waals surface area contributed by atoms with Gasteiger partial charge in [-0.3, -0.25) is 9.59 Å². The molecular weight excluding hydrogens is 314 g/mol. The molecule has 1 aromatic carbocycles. The van der Waals surface area contributed by atoms with E-state index in [1.165, 1.54) is 0 Å². The molecule has 1 aliphatic heterocycles. The third-order valence-corrected chi connectivity index (χ3v) is 3.48. The molecular formula is C13H14BrNO4. The Kier molecular flexibility index (Phi) is 4.21. The number of amides is 1. The molecule has 0 bridgehead atoms. The summed E-state index contributed by atoms with van der Waals surface area (Å²) in [4.78, 5) is 23.1. The number of carboxylic acids is 1. The highest BCUT2D eigenvalue weighted by Gasteiger charge is 2.35. The van der Waals surface area contributed by atoms with Crippen LogP contribution in [-0.2, 0) is 9.53 Å². The Hall–Kier alpha value is -1.40. The molecule has 19 heavy (non-hydrogen) atoms. The van der Waals surface area contributed by atoms with Crippen molar-refractivity contribution < 1.29 is 19.4 Å². The van der Waals surface area contributed by atoms with Crippen molar-refractivity contribution in [2.45, 2.75) is 13.0 Å². The Balaban J connectivity index is 2.10. The fraction of sp³-hybridized carbons (Fsp3) is 0.385. The summed E-state index contributed by atoms with van der Waals surface area (Å²) in [6.45, 7) is 2.26. The number of rotatable bonds is 3. The number of hydrogen-bond donors (Lipinski definition) is 2. The molecule has 1 heterocycles. The van der Waals surface area contributed by atoms with Gasteiger partial charge in [-0.15, -0.1) is 0 Å². The SMILES string of the molecule is Cc1cc(Br)cc(C(=O)NC2COCC2C(=O)O)c1. The zero-order chi connectivity index (χ0) is 14.0. The van der Waals surface area contributed by atoms with Gasteiger partial charge in [0.1, 0.15) is 5.92 Å². The molecule has 1 aliphatic rings. The van der Waals surface area contributed by atoms with E-state index in [0.717, 1.165) is 10.0 Å². The van der Waals surface area contributed by atoms with Crippen molar-refractivity contribution in [3.05, 3.63) is 33.8 Å². The van der Waals surface area contributed by atoms with Crippen molar-refractivity contribution in [1.29, 1.82) is 0 Å². The van der Waals surface area contributed by atoms with Gasteiger partial charge in [0.25, 0.3) is 5.91 Å². The normalized spacial score (nSPS) is 22.2. The third kappa shape index (κ3) is 3.33. The number of aryl methyl sites for hydroxylation is 1. The van der Waals surface area contributed by atoms with Crippen molar-refractivity contribution in [2.75, 3.05) is 13.2 Å². The van der Waals surface area contributed by atoms with Crippen LogP contribution >= 0.6 is 15.9 Å². The molecule has 102 valence electrons. The topological polar surface area (TPSA) is 75.6 Å². The van der Waals surface area contributed by atoms with E-state index in [-0.39, 0.29) is 19.1 Å². The average Bonchev–Trinajstić information content (AvgIpc) is 2.75. The number of carbonyl (C=O) groups is 2. The van der Waals surface area contributed by atoms with Gasteiger partial charge in [-0.2, -0.15) is 0 Å². The maximum absolute atomic E-state index is 12.1. The summed E-state index contributed by atoms with van der Waals surface area (Å²) in [5.74, 6) is -1.92. The highest BCUT2D eigenvalue weighted by Crippen LogP contribution is 2.17. The van der Waals surface area contributed by atoms with E-state index in [0.29, 0.717) is 5.56 Å². The zero-order valence-corrected chi connectivity index (χ0v) is 11.9. The second-order valence-electron chi connectivity index (χ2n) is 4.58. The van der Waals surface area contributed by atoms with Crippen LogP contribution in [0.5, 0.6) is 0 Å². The molecule has 0 saturated carbocycles. The first-order valence-electron chi connectivity index (χ1n) is 5.86. The van der Waals surface area contributed by atoms with Gasteiger partial charge < -0.3 is 15.2 Å². The molecule has 1 aromatic rings. The smallest absolute Gasteiger partial charge is 0.311 e. The van der Waals surface area contributed by atoms with Gasteiger partial charge in [-0.1, -0.05) is 15.9 Å². The number of nitrogens with one attached hydrogen (secondary N) is 1. The molecule has 0 radical (unpaired) electrons. The summed E-state index contributed by atoms with van der Waals surface area (Å²) in [5, 5.41) is 11.7. The van der Waals surface area contributed by atoms with E-state index < -0.39 is 17.9 Å². The molecule has 1 fully saturated rings. The summed E-state index contributed by atoms with van der Waals surface area (Å²) >= 11 is 3.33. The van der Waals surface area contributed by atoms with Crippen LogP contribution in [0.15, 0.2) is 22.7 Å². The first-order valence-corrected chi connectivity index (χ1v) is 6.65. The maximum atomic E-state index is 12.1. The van der Waals surface area contributed by atoms with Gasteiger partial charge in [-0.05, 0) is 30.7 Å². The molecule has 0 aliphatic carbocycles. The molecule has 6 heteroatoms. The summed E-state index contributed by atoms with van der Waals surface area (Å²) in [5.41, 5.74) is 1.46. The largest absolute Gasteiger partial charge is 0.481 e. The highest BCUT2D eigenvalue weighted by molar-refractivity contribution is 9.10. The van der Waals surface area contributed by atoms with Gasteiger partial charge in [0.05, 0.1) is 19.3 Å². The zero-order valence-electron chi connectivity index (χ0n) is 10.4. The van der Waals surface area contributed by atoms with Crippen LogP contribution in [-0.4, -0.2) is 36.2 Å². The monoisotopic (exact) mass is 327 g/mol. The third-order valence-electron chi connectivity index (χ3n) is 3.02. The van der Waals surface area contributed by atoms with E-state index >= 15 is 0 Å². The fourth-order valence-electron chi connectivity index (χ4n) is 2.06. The lowest BCUT2D eigenvalue weighted by Crippen LogP contribution is -2.42. The second-order valence-corrected chi connectivity index (χ2v) is 5.50. The fourth-order valence-corrected chi connectivity index (χ4v) is 2.67. The van der Waals surface area contributed by atoms with E-state index in [2.05, 4.69) is 21.2 Å². The highest BCUT2D eigenvalue weighted by atomic mass is 79.9. The number of halogens is 1. The standard InChI is InChI=1S/C13H14BrNO4/c1-7-2-8(4-9(14)3-7)12(16)15-11-6-19-5-10(11)13(17)18/h2-4,10-11H,5-6H2,1H3,(H,15,16)(H,17,18). The summed E-state index contributed by atoms with van der Waals surface area (Å²) in [6.07, 6.45) is 0. The van der Waals surface area contributed by atoms with Gasteiger partial charge in [0.2, 0.25) is 0 Å². The van der Waals surface area contributed by atoms with Crippen LogP contribution in [0.1, 0.15) is 15.9 Å². The molecule has 1 saturated heterocycles. The lowest BCUT2D eigenvalue weighted by atomic mass is 10.0. The van der Waals surface area contributed by atoms with Gasteiger partial charge in [0.15, 0.2) is 0 Å². The Morgan fingerprint density at radius 2 is 2.11 bits per heavy atom. The maximum Gasteiger partial charge on any atom is 0.311 e. The summed E-state index contributed by atoms with van der Waals surface area (Å²) in [6, 6.07) is 4.87. The lowest BCUT2D eigenvalue weighted by molar-refractivity contribution is -0.142. The van der Waals surface area contributed by atoms with Crippen LogP contribution in [0, 0.1) is 12.8 Å². The Labute approximate surface area is 119 Å². The van der Waals surface area contributed by atoms with Crippen LogP contribution in [0.4, 0.5) is 0 Å². The Morgan fingerprint density at radius 1 is 1.37 bits per heavy atom. The van der Waals surface area contributed by atoms with Gasteiger partial charge in [0, 0.05) is 10.0 Å². The first kappa shape index (κ1) is 14.0. The van der Waals surface area contributed by atoms with Crippen LogP contribution in [0.25, 0.3) is 0 Å². The molecule has 1 amide bonds. The van der Waals surface area contributed by atoms with Crippen molar-refractivity contribution in [2.24, 2.45) is 5.92 Å². The number of hydrogen-bond acceptors (Lipinski definition) is 3. The van der Waals surface area contributed by atoms with E-state index in [9.17, 15) is 9.59 Å². The number of ether oxygens (including phenoxy) is 1. The van der Waals surface area contributed by atoms with Crippen molar-refractivity contribution in [1.82, 2.24) is 5.32 Å². The quantitative estimate of drug-likeness (QED) is 0.883. The van der Waals surface area contributed by atoms with Gasteiger partial charge in [-0.25, -0.2) is 0 Å². The van der Waals surface area contributed by atoms with E-state index in [1.807, 2.05) is 13.0 Å². The second kappa shape index (κ2) is 5.71. The average molecular weight is 328 g/mol. The molecule has 5 nitrogen and oxygen atoms in total. The molecule has 2 atom stereocenters.